The molecule has 0 unspecified atom stereocenters. The highest BCUT2D eigenvalue weighted by molar-refractivity contribution is 6.02. The fourth-order valence-electron chi connectivity index (χ4n) is 2.36. The molecule has 27 heavy (non-hydrogen) atoms. The van der Waals surface area contributed by atoms with Gasteiger partial charge in [0.15, 0.2) is 0 Å². The van der Waals surface area contributed by atoms with E-state index in [1.165, 1.54) is 0 Å². The van der Waals surface area contributed by atoms with E-state index in [-0.39, 0.29) is 11.6 Å². The molecule has 0 fully saturated rings. The second kappa shape index (κ2) is 8.66. The number of hydrogen-bond donors (Lipinski definition) is 2. The number of methoxy groups -OCH3 is 2. The van der Waals surface area contributed by atoms with E-state index >= 15 is 0 Å². The highest BCUT2D eigenvalue weighted by Crippen LogP contribution is 2.16. The summed E-state index contributed by atoms with van der Waals surface area (Å²) in [6.45, 7) is 0.535. The summed E-state index contributed by atoms with van der Waals surface area (Å²) >= 11 is 0. The van der Waals surface area contributed by atoms with Gasteiger partial charge in [0.05, 0.1) is 14.2 Å². The third-order valence-electron chi connectivity index (χ3n) is 3.85. The number of nitrogens with one attached hydrogen (secondary N) is 2. The van der Waals surface area contributed by atoms with Crippen LogP contribution in [0.25, 0.3) is 0 Å². The molecule has 3 rings (SSSR count). The molecule has 0 aliphatic heterocycles. The number of ether oxygens (including phenoxy) is 2. The van der Waals surface area contributed by atoms with Crippen molar-refractivity contribution in [3.05, 3.63) is 72.1 Å². The molecule has 7 nitrogen and oxygen atoms in total. The molecule has 0 spiro atoms. The summed E-state index contributed by atoms with van der Waals surface area (Å²) in [7, 11) is 3.22. The van der Waals surface area contributed by atoms with Crippen LogP contribution in [0.15, 0.2) is 60.8 Å². The fourth-order valence-corrected chi connectivity index (χ4v) is 2.36. The second-order valence-electron chi connectivity index (χ2n) is 5.65. The normalized spacial score (nSPS) is 10.1. The number of anilines is 2. The van der Waals surface area contributed by atoms with Crippen LogP contribution in [0.2, 0.25) is 0 Å². The zero-order chi connectivity index (χ0) is 19.1. The first-order valence-electron chi connectivity index (χ1n) is 8.33. The molecule has 138 valence electrons. The summed E-state index contributed by atoms with van der Waals surface area (Å²) in [5.41, 5.74) is 1.98. The van der Waals surface area contributed by atoms with Crippen LogP contribution in [-0.2, 0) is 6.54 Å². The summed E-state index contributed by atoms with van der Waals surface area (Å²) in [6.07, 6.45) is 1.55. The Morgan fingerprint density at radius 2 is 1.56 bits per heavy atom. The van der Waals surface area contributed by atoms with Gasteiger partial charge in [0.2, 0.25) is 5.95 Å². The number of rotatable bonds is 7. The maximum Gasteiger partial charge on any atom is 0.274 e. The number of nitrogens with zero attached hydrogens (tertiary/aromatic N) is 2. The first-order chi connectivity index (χ1) is 13.2. The van der Waals surface area contributed by atoms with E-state index in [0.717, 1.165) is 17.1 Å². The number of amides is 1. The second-order valence-corrected chi connectivity index (χ2v) is 5.65. The van der Waals surface area contributed by atoms with E-state index in [2.05, 4.69) is 20.6 Å². The molecule has 3 aromatic rings. The molecule has 0 radical (unpaired) electrons. The van der Waals surface area contributed by atoms with Crippen LogP contribution in [0.3, 0.4) is 0 Å². The largest absolute Gasteiger partial charge is 0.497 e. The molecule has 0 saturated heterocycles. The van der Waals surface area contributed by atoms with Crippen molar-refractivity contribution in [2.24, 2.45) is 0 Å². The zero-order valence-corrected chi connectivity index (χ0v) is 15.1. The highest BCUT2D eigenvalue weighted by atomic mass is 16.5. The molecule has 0 bridgehead atoms. The summed E-state index contributed by atoms with van der Waals surface area (Å²) in [4.78, 5) is 20.8. The van der Waals surface area contributed by atoms with Gasteiger partial charge in [-0.05, 0) is 48.0 Å². The maximum absolute atomic E-state index is 12.4. The zero-order valence-electron chi connectivity index (χ0n) is 15.1. The Bertz CT molecular complexity index is 896. The van der Waals surface area contributed by atoms with E-state index in [1.54, 1.807) is 50.7 Å². The number of carbonyl (C=O) groups excluding carboxylic acids is 1. The maximum atomic E-state index is 12.4. The van der Waals surface area contributed by atoms with Crippen LogP contribution in [0, 0.1) is 0 Å². The Morgan fingerprint density at radius 1 is 0.926 bits per heavy atom. The van der Waals surface area contributed by atoms with E-state index in [1.807, 2.05) is 24.3 Å². The molecule has 1 amide bonds. The SMILES string of the molecule is COc1ccc(CNc2nccc(C(=O)Nc3ccc(OC)cc3)n2)cc1. The third kappa shape index (κ3) is 4.94. The number of aromatic nitrogens is 2. The molecule has 7 heteroatoms. The minimum atomic E-state index is -0.310. The van der Waals surface area contributed by atoms with Crippen molar-refractivity contribution >= 4 is 17.5 Å². The molecule has 1 heterocycles. The van der Waals surface area contributed by atoms with E-state index < -0.39 is 0 Å². The van der Waals surface area contributed by atoms with E-state index in [9.17, 15) is 4.79 Å². The molecule has 2 N–H and O–H groups in total. The Balaban J connectivity index is 1.62. The standard InChI is InChI=1S/C20H20N4O3/c1-26-16-7-3-14(4-8-16)13-22-20-21-12-11-18(24-20)19(25)23-15-5-9-17(27-2)10-6-15/h3-12H,13H2,1-2H3,(H,23,25)(H,21,22,24). The Morgan fingerprint density at radius 3 is 2.19 bits per heavy atom. The van der Waals surface area contributed by atoms with Gasteiger partial charge >= 0.3 is 0 Å². The van der Waals surface area contributed by atoms with Gasteiger partial charge in [-0.1, -0.05) is 12.1 Å². The molecular formula is C20H20N4O3. The highest BCUT2D eigenvalue weighted by Gasteiger charge is 2.09. The van der Waals surface area contributed by atoms with E-state index in [0.29, 0.717) is 18.2 Å². The topological polar surface area (TPSA) is 85.4 Å². The lowest BCUT2D eigenvalue weighted by Crippen LogP contribution is -2.15. The van der Waals surface area contributed by atoms with Crippen molar-refractivity contribution in [2.45, 2.75) is 6.54 Å². The van der Waals surface area contributed by atoms with Gasteiger partial charge in [0, 0.05) is 18.4 Å². The van der Waals surface area contributed by atoms with Crippen molar-refractivity contribution in [1.29, 1.82) is 0 Å². The van der Waals surface area contributed by atoms with Gasteiger partial charge in [-0.3, -0.25) is 4.79 Å². The molecule has 2 aromatic carbocycles. The summed E-state index contributed by atoms with van der Waals surface area (Å²) < 4.78 is 10.2. The lowest BCUT2D eigenvalue weighted by molar-refractivity contribution is 0.102. The molecule has 0 saturated carbocycles. The predicted molar refractivity (Wildman–Crippen MR) is 103 cm³/mol. The van der Waals surface area contributed by atoms with Gasteiger partial charge in [-0.2, -0.15) is 0 Å². The van der Waals surface area contributed by atoms with Crippen molar-refractivity contribution in [2.75, 3.05) is 24.9 Å². The van der Waals surface area contributed by atoms with Crippen LogP contribution >= 0.6 is 0 Å². The first-order valence-corrected chi connectivity index (χ1v) is 8.33. The van der Waals surface area contributed by atoms with Crippen LogP contribution in [0.1, 0.15) is 16.1 Å². The van der Waals surface area contributed by atoms with Gasteiger partial charge < -0.3 is 20.1 Å². The predicted octanol–water partition coefficient (Wildman–Crippen LogP) is 3.36. The molecule has 0 aliphatic carbocycles. The minimum absolute atomic E-state index is 0.276. The average Bonchev–Trinajstić information content (AvgIpc) is 2.73. The molecular weight excluding hydrogens is 344 g/mol. The van der Waals surface area contributed by atoms with Crippen molar-refractivity contribution in [3.63, 3.8) is 0 Å². The average molecular weight is 364 g/mol. The van der Waals surface area contributed by atoms with Crippen LogP contribution in [0.4, 0.5) is 11.6 Å². The van der Waals surface area contributed by atoms with Gasteiger partial charge in [-0.25, -0.2) is 9.97 Å². The van der Waals surface area contributed by atoms with Crippen LogP contribution in [0.5, 0.6) is 11.5 Å². The Kier molecular flexibility index (Phi) is 5.84. The van der Waals surface area contributed by atoms with Gasteiger partial charge in [-0.15, -0.1) is 0 Å². The van der Waals surface area contributed by atoms with Crippen molar-refractivity contribution in [1.82, 2.24) is 9.97 Å². The van der Waals surface area contributed by atoms with Crippen LogP contribution < -0.4 is 20.1 Å². The quantitative estimate of drug-likeness (QED) is 0.669. The lowest BCUT2D eigenvalue weighted by Gasteiger charge is -2.08. The van der Waals surface area contributed by atoms with Gasteiger partial charge in [0.25, 0.3) is 5.91 Å². The lowest BCUT2D eigenvalue weighted by atomic mass is 10.2. The monoisotopic (exact) mass is 364 g/mol. The minimum Gasteiger partial charge on any atom is -0.497 e. The molecule has 0 atom stereocenters. The summed E-state index contributed by atoms with van der Waals surface area (Å²) in [5, 5.41) is 5.91. The fraction of sp³-hybridized carbons (Fsp3) is 0.150. The van der Waals surface area contributed by atoms with Crippen LogP contribution in [-0.4, -0.2) is 30.1 Å². The summed E-state index contributed by atoms with van der Waals surface area (Å²) in [6, 6.07) is 16.3. The van der Waals surface area contributed by atoms with Crippen molar-refractivity contribution in [3.8, 4) is 11.5 Å². The number of hydrogen-bond acceptors (Lipinski definition) is 6. The molecule has 1 aromatic heterocycles. The molecule has 0 aliphatic rings. The summed E-state index contributed by atoms with van der Waals surface area (Å²) in [5.74, 6) is 1.59. The number of benzene rings is 2. The Hall–Kier alpha value is -3.61. The van der Waals surface area contributed by atoms with Gasteiger partial charge in [0.1, 0.15) is 17.2 Å². The number of carbonyl (C=O) groups is 1. The Labute approximate surface area is 157 Å². The first kappa shape index (κ1) is 18.2. The third-order valence-corrected chi connectivity index (χ3v) is 3.85. The smallest absolute Gasteiger partial charge is 0.274 e. The van der Waals surface area contributed by atoms with E-state index in [4.69, 9.17) is 9.47 Å². The van der Waals surface area contributed by atoms with Crippen molar-refractivity contribution < 1.29 is 14.3 Å².